The van der Waals surface area contributed by atoms with Crippen molar-refractivity contribution >= 4 is 23.2 Å². The van der Waals surface area contributed by atoms with Crippen LogP contribution in [0.1, 0.15) is 33.2 Å². The van der Waals surface area contributed by atoms with Gasteiger partial charge in [-0.15, -0.1) is 0 Å². The summed E-state index contributed by atoms with van der Waals surface area (Å²) >= 11 is 0. The van der Waals surface area contributed by atoms with E-state index in [-0.39, 0.29) is 11.1 Å². The Morgan fingerprint density at radius 2 is 1.38 bits per heavy atom. The molecule has 0 bridgehead atoms. The summed E-state index contributed by atoms with van der Waals surface area (Å²) in [4.78, 5) is 24.3. The molecule has 2 N–H and O–H groups in total. The molecular weight excluding hydrogens is 376 g/mol. The summed E-state index contributed by atoms with van der Waals surface area (Å²) in [6, 6.07) is 17.9. The lowest BCUT2D eigenvalue weighted by Gasteiger charge is -2.08. The first-order valence-electron chi connectivity index (χ1n) is 8.71. The quantitative estimate of drug-likeness (QED) is 0.499. The van der Waals surface area contributed by atoms with Gasteiger partial charge in [0.25, 0.3) is 11.8 Å². The molecular formula is C22H17F2N3O2. The third kappa shape index (κ3) is 4.90. The van der Waals surface area contributed by atoms with Crippen LogP contribution in [-0.2, 0) is 0 Å². The molecule has 0 aliphatic rings. The monoisotopic (exact) mass is 393 g/mol. The molecule has 7 heteroatoms. The summed E-state index contributed by atoms with van der Waals surface area (Å²) in [6.07, 6.45) is 0. The molecule has 3 aromatic rings. The molecule has 3 aromatic carbocycles. The van der Waals surface area contributed by atoms with Gasteiger partial charge in [-0.1, -0.05) is 36.4 Å². The van der Waals surface area contributed by atoms with Crippen molar-refractivity contribution in [2.24, 2.45) is 5.10 Å². The summed E-state index contributed by atoms with van der Waals surface area (Å²) in [7, 11) is 0. The van der Waals surface area contributed by atoms with Crippen molar-refractivity contribution in [1.29, 1.82) is 0 Å². The molecule has 0 aliphatic carbocycles. The van der Waals surface area contributed by atoms with Crippen LogP contribution in [0.25, 0.3) is 0 Å². The third-order valence-corrected chi connectivity index (χ3v) is 4.10. The highest BCUT2D eigenvalue weighted by Crippen LogP contribution is 2.15. The summed E-state index contributed by atoms with van der Waals surface area (Å²) < 4.78 is 27.4. The predicted molar refractivity (Wildman–Crippen MR) is 107 cm³/mol. The highest BCUT2D eigenvalue weighted by molar-refractivity contribution is 6.06. The van der Waals surface area contributed by atoms with Crippen LogP contribution >= 0.6 is 0 Å². The highest BCUT2D eigenvalue weighted by Gasteiger charge is 2.12. The minimum absolute atomic E-state index is 0.0690. The van der Waals surface area contributed by atoms with E-state index in [9.17, 15) is 18.4 Å². The smallest absolute Gasteiger partial charge is 0.274 e. The molecule has 146 valence electrons. The number of carbonyl (C=O) groups excluding carboxylic acids is 2. The van der Waals surface area contributed by atoms with Crippen LogP contribution in [0.2, 0.25) is 0 Å². The number of halogens is 2. The van der Waals surface area contributed by atoms with Crippen LogP contribution in [0.4, 0.5) is 14.5 Å². The maximum atomic E-state index is 13.7. The number of rotatable bonds is 5. The molecule has 0 aliphatic heterocycles. The minimum atomic E-state index is -0.675. The number of carbonyl (C=O) groups is 2. The molecule has 0 radical (unpaired) electrons. The summed E-state index contributed by atoms with van der Waals surface area (Å²) in [6.45, 7) is 1.65. The fourth-order valence-electron chi connectivity index (χ4n) is 2.57. The van der Waals surface area contributed by atoms with Gasteiger partial charge in [-0.25, -0.2) is 14.2 Å². The van der Waals surface area contributed by atoms with E-state index in [1.165, 1.54) is 36.4 Å². The van der Waals surface area contributed by atoms with Crippen molar-refractivity contribution in [2.45, 2.75) is 6.92 Å². The second kappa shape index (κ2) is 8.88. The summed E-state index contributed by atoms with van der Waals surface area (Å²) in [5.41, 5.74) is 3.61. The number of nitrogens with one attached hydrogen (secondary N) is 2. The predicted octanol–water partition coefficient (Wildman–Crippen LogP) is 4.37. The number of hydrogen-bond acceptors (Lipinski definition) is 3. The van der Waals surface area contributed by atoms with Crippen molar-refractivity contribution < 1.29 is 18.4 Å². The fourth-order valence-corrected chi connectivity index (χ4v) is 2.57. The minimum Gasteiger partial charge on any atom is -0.322 e. The lowest BCUT2D eigenvalue weighted by atomic mass is 10.1. The van der Waals surface area contributed by atoms with Gasteiger partial charge in [-0.05, 0) is 48.9 Å². The van der Waals surface area contributed by atoms with E-state index < -0.39 is 23.4 Å². The molecule has 2 amide bonds. The Balaban J connectivity index is 1.72. The van der Waals surface area contributed by atoms with Gasteiger partial charge in [0, 0.05) is 5.69 Å². The molecule has 0 fully saturated rings. The highest BCUT2D eigenvalue weighted by atomic mass is 19.1. The molecule has 29 heavy (non-hydrogen) atoms. The average Bonchev–Trinajstić information content (AvgIpc) is 2.72. The van der Waals surface area contributed by atoms with Crippen LogP contribution in [0.3, 0.4) is 0 Å². The molecule has 5 nitrogen and oxygen atoms in total. The van der Waals surface area contributed by atoms with Crippen molar-refractivity contribution in [3.63, 3.8) is 0 Å². The van der Waals surface area contributed by atoms with Crippen molar-refractivity contribution in [3.8, 4) is 0 Å². The lowest BCUT2D eigenvalue weighted by Crippen LogP contribution is -2.20. The Hall–Kier alpha value is -3.87. The second-order valence-corrected chi connectivity index (χ2v) is 6.13. The van der Waals surface area contributed by atoms with Crippen molar-refractivity contribution in [1.82, 2.24) is 5.43 Å². The fraction of sp³-hybridized carbons (Fsp3) is 0.0455. The normalized spacial score (nSPS) is 11.1. The Kier molecular flexibility index (Phi) is 6.09. The van der Waals surface area contributed by atoms with E-state index in [2.05, 4.69) is 15.8 Å². The van der Waals surface area contributed by atoms with E-state index >= 15 is 0 Å². The molecule has 0 saturated heterocycles. The van der Waals surface area contributed by atoms with Crippen LogP contribution in [0, 0.1) is 11.6 Å². The van der Waals surface area contributed by atoms with Crippen molar-refractivity contribution in [2.75, 3.05) is 5.32 Å². The SMILES string of the molecule is CC(=NNC(=O)c1ccccc1F)c1cccc(NC(=O)c2ccccc2F)c1. The van der Waals surface area contributed by atoms with Gasteiger partial charge in [0.1, 0.15) is 11.6 Å². The van der Waals surface area contributed by atoms with Gasteiger partial charge in [-0.3, -0.25) is 9.59 Å². The number of amides is 2. The molecule has 0 atom stereocenters. The van der Waals surface area contributed by atoms with Gasteiger partial charge in [0.15, 0.2) is 0 Å². The summed E-state index contributed by atoms with van der Waals surface area (Å²) in [5, 5.41) is 6.60. The first-order chi connectivity index (χ1) is 14.0. The van der Waals surface area contributed by atoms with Crippen LogP contribution in [-0.4, -0.2) is 17.5 Å². The lowest BCUT2D eigenvalue weighted by molar-refractivity contribution is 0.0950. The van der Waals surface area contributed by atoms with Gasteiger partial charge >= 0.3 is 0 Å². The maximum absolute atomic E-state index is 13.7. The Labute approximate surface area is 166 Å². The van der Waals surface area contributed by atoms with E-state index in [0.717, 1.165) is 0 Å². The van der Waals surface area contributed by atoms with Gasteiger partial charge in [0.2, 0.25) is 0 Å². The second-order valence-electron chi connectivity index (χ2n) is 6.13. The Morgan fingerprint density at radius 1 is 0.793 bits per heavy atom. The first kappa shape index (κ1) is 19.9. The Morgan fingerprint density at radius 3 is 2.00 bits per heavy atom. The molecule has 0 unspecified atom stereocenters. The van der Waals surface area contributed by atoms with Gasteiger partial charge in [-0.2, -0.15) is 5.10 Å². The largest absolute Gasteiger partial charge is 0.322 e. The van der Waals surface area contributed by atoms with Crippen molar-refractivity contribution in [3.05, 3.63) is 101 Å². The first-order valence-corrected chi connectivity index (χ1v) is 8.71. The van der Waals surface area contributed by atoms with Crippen LogP contribution < -0.4 is 10.7 Å². The zero-order chi connectivity index (χ0) is 20.8. The van der Waals surface area contributed by atoms with E-state index in [0.29, 0.717) is 17.0 Å². The van der Waals surface area contributed by atoms with Crippen LogP contribution in [0.5, 0.6) is 0 Å². The molecule has 0 aromatic heterocycles. The topological polar surface area (TPSA) is 70.6 Å². The number of hydrazone groups is 1. The number of nitrogens with zero attached hydrogens (tertiary/aromatic N) is 1. The molecule has 0 heterocycles. The Bertz CT molecular complexity index is 1100. The average molecular weight is 393 g/mol. The molecule has 0 saturated carbocycles. The zero-order valence-electron chi connectivity index (χ0n) is 15.4. The van der Waals surface area contributed by atoms with Gasteiger partial charge < -0.3 is 5.32 Å². The van der Waals surface area contributed by atoms with E-state index in [4.69, 9.17) is 0 Å². The third-order valence-electron chi connectivity index (χ3n) is 4.10. The number of benzene rings is 3. The van der Waals surface area contributed by atoms with E-state index in [1.54, 1.807) is 43.3 Å². The zero-order valence-corrected chi connectivity index (χ0v) is 15.4. The van der Waals surface area contributed by atoms with E-state index in [1.807, 2.05) is 0 Å². The maximum Gasteiger partial charge on any atom is 0.274 e. The standard InChI is InChI=1S/C22H17F2N3O2/c1-14(26-27-22(29)18-10-3-5-12-20(18)24)15-7-6-8-16(13-15)25-21(28)17-9-2-4-11-19(17)23/h2-13H,1H3,(H,25,28)(H,27,29). The number of hydrogen-bond donors (Lipinski definition) is 2. The summed E-state index contributed by atoms with van der Waals surface area (Å²) in [5.74, 6) is -2.51. The van der Waals surface area contributed by atoms with Gasteiger partial charge in [0.05, 0.1) is 16.8 Å². The number of anilines is 1. The molecule has 0 spiro atoms. The molecule has 3 rings (SSSR count). The van der Waals surface area contributed by atoms with Crippen LogP contribution in [0.15, 0.2) is 77.9 Å².